The number of piperidine rings is 1. The van der Waals surface area contributed by atoms with Crippen LogP contribution in [0.3, 0.4) is 0 Å². The molecule has 1 amide bonds. The van der Waals surface area contributed by atoms with E-state index in [2.05, 4.69) is 15.3 Å². The number of amides is 1. The van der Waals surface area contributed by atoms with Crippen LogP contribution in [-0.2, 0) is 11.2 Å². The van der Waals surface area contributed by atoms with Crippen molar-refractivity contribution in [3.63, 3.8) is 0 Å². The van der Waals surface area contributed by atoms with Crippen molar-refractivity contribution in [1.29, 1.82) is 0 Å². The highest BCUT2D eigenvalue weighted by Crippen LogP contribution is 2.17. The monoisotopic (exact) mass is 358 g/mol. The van der Waals surface area contributed by atoms with Crippen molar-refractivity contribution in [2.75, 3.05) is 18.4 Å². The third-order valence-electron chi connectivity index (χ3n) is 4.66. The maximum absolute atomic E-state index is 13.0. The van der Waals surface area contributed by atoms with Crippen LogP contribution < -0.4 is 10.9 Å². The van der Waals surface area contributed by atoms with Crippen LogP contribution in [0.2, 0.25) is 0 Å². The molecule has 1 atom stereocenters. The maximum atomic E-state index is 13.0. The SMILES string of the molecule is Cc1nc(C)c(CC(=O)N2CCC[C@H](Nc3ccc(F)cc3)C2)c(=O)[nH]1. The molecule has 1 aromatic heterocycles. The molecule has 1 aliphatic rings. The number of likely N-dealkylation sites (tertiary alicyclic amines) is 1. The zero-order valence-electron chi connectivity index (χ0n) is 15.0. The summed E-state index contributed by atoms with van der Waals surface area (Å²) < 4.78 is 13.0. The van der Waals surface area contributed by atoms with Crippen LogP contribution >= 0.6 is 0 Å². The largest absolute Gasteiger partial charge is 0.381 e. The van der Waals surface area contributed by atoms with Crippen molar-refractivity contribution in [1.82, 2.24) is 14.9 Å². The van der Waals surface area contributed by atoms with Gasteiger partial charge in [0.1, 0.15) is 11.6 Å². The van der Waals surface area contributed by atoms with Gasteiger partial charge in [-0.3, -0.25) is 9.59 Å². The molecule has 3 rings (SSSR count). The van der Waals surface area contributed by atoms with Crippen LogP contribution in [0.25, 0.3) is 0 Å². The van der Waals surface area contributed by atoms with Crippen molar-refractivity contribution >= 4 is 11.6 Å². The lowest BCUT2D eigenvalue weighted by Gasteiger charge is -2.34. The number of aryl methyl sites for hydroxylation is 2. The van der Waals surface area contributed by atoms with E-state index < -0.39 is 0 Å². The summed E-state index contributed by atoms with van der Waals surface area (Å²) in [6.07, 6.45) is 1.87. The first-order valence-electron chi connectivity index (χ1n) is 8.78. The number of carbonyl (C=O) groups is 1. The van der Waals surface area contributed by atoms with Crippen LogP contribution in [0.5, 0.6) is 0 Å². The van der Waals surface area contributed by atoms with Crippen LogP contribution in [0.1, 0.15) is 29.9 Å². The molecule has 0 radical (unpaired) electrons. The number of anilines is 1. The Morgan fingerprint density at radius 1 is 1.35 bits per heavy atom. The molecule has 0 spiro atoms. The molecule has 1 aromatic carbocycles. The van der Waals surface area contributed by atoms with E-state index in [9.17, 15) is 14.0 Å². The van der Waals surface area contributed by atoms with Gasteiger partial charge in [-0.15, -0.1) is 0 Å². The third-order valence-corrected chi connectivity index (χ3v) is 4.66. The Morgan fingerprint density at radius 3 is 2.77 bits per heavy atom. The number of benzene rings is 1. The first kappa shape index (κ1) is 18.1. The molecule has 138 valence electrons. The Morgan fingerprint density at radius 2 is 2.08 bits per heavy atom. The molecule has 6 nitrogen and oxygen atoms in total. The minimum absolute atomic E-state index is 0.0533. The first-order valence-corrected chi connectivity index (χ1v) is 8.78. The van der Waals surface area contributed by atoms with Gasteiger partial charge in [-0.2, -0.15) is 0 Å². The molecule has 0 unspecified atom stereocenters. The first-order chi connectivity index (χ1) is 12.4. The van der Waals surface area contributed by atoms with Gasteiger partial charge in [-0.05, 0) is 51.0 Å². The highest BCUT2D eigenvalue weighted by molar-refractivity contribution is 5.79. The molecule has 7 heteroatoms. The molecular formula is C19H23FN4O2. The van der Waals surface area contributed by atoms with Gasteiger partial charge in [0.2, 0.25) is 5.91 Å². The molecule has 1 fully saturated rings. The summed E-state index contributed by atoms with van der Waals surface area (Å²) in [4.78, 5) is 33.4. The zero-order chi connectivity index (χ0) is 18.7. The summed E-state index contributed by atoms with van der Waals surface area (Å²) in [5.41, 5.74) is 1.61. The molecule has 26 heavy (non-hydrogen) atoms. The lowest BCUT2D eigenvalue weighted by atomic mass is 10.0. The predicted octanol–water partition coefficient (Wildman–Crippen LogP) is 2.17. The Bertz CT molecular complexity index is 848. The smallest absolute Gasteiger partial charge is 0.254 e. The van der Waals surface area contributed by atoms with Crippen LogP contribution in [0, 0.1) is 19.7 Å². The number of nitrogens with one attached hydrogen (secondary N) is 2. The summed E-state index contributed by atoms with van der Waals surface area (Å²) >= 11 is 0. The quantitative estimate of drug-likeness (QED) is 0.878. The minimum atomic E-state index is -0.275. The second kappa shape index (κ2) is 7.68. The van der Waals surface area contributed by atoms with Crippen molar-refractivity contribution in [2.24, 2.45) is 0 Å². The minimum Gasteiger partial charge on any atom is -0.381 e. The van der Waals surface area contributed by atoms with E-state index >= 15 is 0 Å². The second-order valence-corrected chi connectivity index (χ2v) is 6.72. The highest BCUT2D eigenvalue weighted by Gasteiger charge is 2.25. The van der Waals surface area contributed by atoms with E-state index in [1.165, 1.54) is 12.1 Å². The van der Waals surface area contributed by atoms with E-state index in [4.69, 9.17) is 0 Å². The van der Waals surface area contributed by atoms with Crippen LogP contribution in [-0.4, -0.2) is 39.9 Å². The molecule has 2 aromatic rings. The van der Waals surface area contributed by atoms with E-state index in [0.29, 0.717) is 30.2 Å². The topological polar surface area (TPSA) is 78.1 Å². The van der Waals surface area contributed by atoms with Crippen molar-refractivity contribution < 1.29 is 9.18 Å². The molecule has 1 saturated heterocycles. The molecule has 0 aliphatic carbocycles. The number of hydrogen-bond donors (Lipinski definition) is 2. The number of carbonyl (C=O) groups excluding carboxylic acids is 1. The Balaban J connectivity index is 1.64. The molecule has 2 N–H and O–H groups in total. The molecular weight excluding hydrogens is 335 g/mol. The van der Waals surface area contributed by atoms with Gasteiger partial charge in [0.05, 0.1) is 6.42 Å². The zero-order valence-corrected chi connectivity index (χ0v) is 15.0. The lowest BCUT2D eigenvalue weighted by Crippen LogP contribution is -2.46. The molecule has 2 heterocycles. The summed E-state index contributed by atoms with van der Waals surface area (Å²) in [6, 6.07) is 6.31. The fourth-order valence-electron chi connectivity index (χ4n) is 3.33. The fraction of sp³-hybridized carbons (Fsp3) is 0.421. The van der Waals surface area contributed by atoms with Gasteiger partial charge in [0.25, 0.3) is 5.56 Å². The Hall–Kier alpha value is -2.70. The lowest BCUT2D eigenvalue weighted by molar-refractivity contribution is -0.131. The number of nitrogens with zero attached hydrogens (tertiary/aromatic N) is 2. The van der Waals surface area contributed by atoms with E-state index in [1.807, 2.05) is 0 Å². The summed E-state index contributed by atoms with van der Waals surface area (Å²) in [5, 5.41) is 3.35. The van der Waals surface area contributed by atoms with E-state index in [0.717, 1.165) is 18.5 Å². The van der Waals surface area contributed by atoms with Gasteiger partial charge < -0.3 is 15.2 Å². The molecule has 0 bridgehead atoms. The van der Waals surface area contributed by atoms with Crippen LogP contribution in [0.4, 0.5) is 10.1 Å². The Labute approximate surface area is 151 Å². The standard InChI is InChI=1S/C19H23FN4O2/c1-12-17(19(26)22-13(2)21-12)10-18(25)24-9-3-4-16(11-24)23-15-7-5-14(20)6-8-15/h5-8,16,23H,3-4,9-11H2,1-2H3,(H,21,22,26)/t16-/m0/s1. The number of aromatic amines is 1. The molecule has 0 saturated carbocycles. The number of halogens is 1. The van der Waals surface area contributed by atoms with E-state index in [-0.39, 0.29) is 29.7 Å². The summed E-state index contributed by atoms with van der Waals surface area (Å²) in [6.45, 7) is 4.71. The van der Waals surface area contributed by atoms with Crippen molar-refractivity contribution in [3.8, 4) is 0 Å². The van der Waals surface area contributed by atoms with Gasteiger partial charge in [0.15, 0.2) is 0 Å². The predicted molar refractivity (Wildman–Crippen MR) is 97.7 cm³/mol. The number of hydrogen-bond acceptors (Lipinski definition) is 4. The molecule has 1 aliphatic heterocycles. The van der Waals surface area contributed by atoms with Gasteiger partial charge in [0, 0.05) is 36.1 Å². The van der Waals surface area contributed by atoms with Gasteiger partial charge in [-0.1, -0.05) is 0 Å². The normalized spacial score (nSPS) is 17.2. The average molecular weight is 358 g/mol. The highest BCUT2D eigenvalue weighted by atomic mass is 19.1. The average Bonchev–Trinajstić information content (AvgIpc) is 2.60. The van der Waals surface area contributed by atoms with Crippen molar-refractivity contribution in [2.45, 2.75) is 39.2 Å². The summed E-state index contributed by atoms with van der Waals surface area (Å²) in [5.74, 6) is 0.198. The van der Waals surface area contributed by atoms with Gasteiger partial charge in [-0.25, -0.2) is 9.37 Å². The van der Waals surface area contributed by atoms with Gasteiger partial charge >= 0.3 is 0 Å². The summed E-state index contributed by atoms with van der Waals surface area (Å²) in [7, 11) is 0. The number of H-pyrrole nitrogens is 1. The second-order valence-electron chi connectivity index (χ2n) is 6.72. The third kappa shape index (κ3) is 4.28. The number of aromatic nitrogens is 2. The van der Waals surface area contributed by atoms with E-state index in [1.54, 1.807) is 30.9 Å². The fourth-order valence-corrected chi connectivity index (χ4v) is 3.33. The number of rotatable bonds is 4. The maximum Gasteiger partial charge on any atom is 0.254 e. The van der Waals surface area contributed by atoms with Crippen LogP contribution in [0.15, 0.2) is 29.1 Å². The Kier molecular flexibility index (Phi) is 5.35. The van der Waals surface area contributed by atoms with Crippen molar-refractivity contribution in [3.05, 3.63) is 57.5 Å².